The van der Waals surface area contributed by atoms with Crippen molar-refractivity contribution in [3.05, 3.63) is 23.8 Å². The van der Waals surface area contributed by atoms with Crippen LogP contribution in [0, 0.1) is 5.92 Å². The van der Waals surface area contributed by atoms with Crippen molar-refractivity contribution >= 4 is 23.2 Å². The Labute approximate surface area is 139 Å². The number of anilines is 2. The molecule has 5 heteroatoms. The third-order valence-corrected chi connectivity index (χ3v) is 3.44. The Kier molecular flexibility index (Phi) is 7.59. The Morgan fingerprint density at radius 2 is 1.91 bits per heavy atom. The van der Waals surface area contributed by atoms with Crippen LogP contribution in [-0.4, -0.2) is 32.5 Å². The average molecular weight is 319 g/mol. The van der Waals surface area contributed by atoms with Crippen molar-refractivity contribution < 1.29 is 9.59 Å². The molecule has 0 aliphatic carbocycles. The standard InChI is InChI=1S/C18H29N3O2/c1-6-7-8-17(22)20-14-9-10-16(21(4)5)15(11-14)18(23)19-12-13(2)3/h9-11,13H,6-8,12H2,1-5H3,(H,19,23)(H,20,22). The second-order valence-corrected chi connectivity index (χ2v) is 6.38. The minimum Gasteiger partial charge on any atom is -0.377 e. The van der Waals surface area contributed by atoms with Crippen LogP contribution in [0.25, 0.3) is 0 Å². The van der Waals surface area contributed by atoms with Crippen LogP contribution in [0.1, 0.15) is 50.4 Å². The summed E-state index contributed by atoms with van der Waals surface area (Å²) < 4.78 is 0. The van der Waals surface area contributed by atoms with Crippen molar-refractivity contribution in [2.45, 2.75) is 40.0 Å². The van der Waals surface area contributed by atoms with Crippen molar-refractivity contribution in [1.29, 1.82) is 0 Å². The first kappa shape index (κ1) is 19.0. The highest BCUT2D eigenvalue weighted by Gasteiger charge is 2.15. The summed E-state index contributed by atoms with van der Waals surface area (Å²) in [4.78, 5) is 26.2. The molecule has 0 aliphatic rings. The van der Waals surface area contributed by atoms with Crippen molar-refractivity contribution in [2.75, 3.05) is 30.9 Å². The molecule has 23 heavy (non-hydrogen) atoms. The second-order valence-electron chi connectivity index (χ2n) is 6.38. The van der Waals surface area contributed by atoms with Gasteiger partial charge in [-0.2, -0.15) is 0 Å². The van der Waals surface area contributed by atoms with E-state index in [1.165, 1.54) is 0 Å². The number of carbonyl (C=O) groups excluding carboxylic acids is 2. The molecule has 2 N–H and O–H groups in total. The quantitative estimate of drug-likeness (QED) is 0.773. The van der Waals surface area contributed by atoms with Crippen LogP contribution in [0.2, 0.25) is 0 Å². The van der Waals surface area contributed by atoms with E-state index >= 15 is 0 Å². The topological polar surface area (TPSA) is 61.4 Å². The lowest BCUT2D eigenvalue weighted by molar-refractivity contribution is -0.116. The van der Waals surface area contributed by atoms with E-state index in [1.807, 2.05) is 31.1 Å². The van der Waals surface area contributed by atoms with Crippen LogP contribution >= 0.6 is 0 Å². The van der Waals surface area contributed by atoms with Gasteiger partial charge in [0.25, 0.3) is 5.91 Å². The van der Waals surface area contributed by atoms with E-state index in [4.69, 9.17) is 0 Å². The molecule has 0 spiro atoms. The molecule has 1 aromatic rings. The summed E-state index contributed by atoms with van der Waals surface area (Å²) in [6.45, 7) is 6.78. The molecule has 1 aromatic carbocycles. The molecule has 0 aromatic heterocycles. The number of benzene rings is 1. The van der Waals surface area contributed by atoms with Gasteiger partial charge in [0.15, 0.2) is 0 Å². The molecule has 0 unspecified atom stereocenters. The summed E-state index contributed by atoms with van der Waals surface area (Å²) in [5, 5.41) is 5.80. The average Bonchev–Trinajstić information content (AvgIpc) is 2.50. The predicted octanol–water partition coefficient (Wildman–Crippen LogP) is 3.27. The van der Waals surface area contributed by atoms with E-state index in [1.54, 1.807) is 6.07 Å². The number of rotatable bonds is 8. The molecule has 0 heterocycles. The van der Waals surface area contributed by atoms with Crippen LogP contribution in [0.4, 0.5) is 11.4 Å². The molecule has 1 rings (SSSR count). The zero-order valence-corrected chi connectivity index (χ0v) is 14.9. The first-order valence-corrected chi connectivity index (χ1v) is 8.24. The molecular weight excluding hydrogens is 290 g/mol. The van der Waals surface area contributed by atoms with Crippen molar-refractivity contribution in [2.24, 2.45) is 5.92 Å². The van der Waals surface area contributed by atoms with E-state index in [0.717, 1.165) is 18.5 Å². The van der Waals surface area contributed by atoms with Crippen LogP contribution in [-0.2, 0) is 4.79 Å². The zero-order valence-electron chi connectivity index (χ0n) is 14.9. The zero-order chi connectivity index (χ0) is 17.4. The highest BCUT2D eigenvalue weighted by molar-refractivity contribution is 6.02. The van der Waals surface area contributed by atoms with Crippen LogP contribution < -0.4 is 15.5 Å². The largest absolute Gasteiger partial charge is 0.377 e. The summed E-state index contributed by atoms with van der Waals surface area (Å²) >= 11 is 0. The lowest BCUT2D eigenvalue weighted by Gasteiger charge is -2.19. The fourth-order valence-electron chi connectivity index (χ4n) is 2.14. The van der Waals surface area contributed by atoms with E-state index in [2.05, 4.69) is 31.4 Å². The van der Waals surface area contributed by atoms with Crippen molar-refractivity contribution in [1.82, 2.24) is 5.32 Å². The summed E-state index contributed by atoms with van der Waals surface area (Å²) in [5.74, 6) is 0.253. The van der Waals surface area contributed by atoms with Gasteiger partial charge in [-0.25, -0.2) is 0 Å². The van der Waals surface area contributed by atoms with Gasteiger partial charge in [0.1, 0.15) is 0 Å². The minimum atomic E-state index is -0.118. The molecule has 0 atom stereocenters. The number of nitrogens with zero attached hydrogens (tertiary/aromatic N) is 1. The summed E-state index contributed by atoms with van der Waals surface area (Å²) in [7, 11) is 3.79. The van der Waals surface area contributed by atoms with E-state index < -0.39 is 0 Å². The third-order valence-electron chi connectivity index (χ3n) is 3.44. The lowest BCUT2D eigenvalue weighted by atomic mass is 10.1. The molecule has 0 aliphatic heterocycles. The predicted molar refractivity (Wildman–Crippen MR) is 96.1 cm³/mol. The summed E-state index contributed by atoms with van der Waals surface area (Å²) in [6, 6.07) is 5.44. The molecule has 0 fully saturated rings. The van der Waals surface area contributed by atoms with Gasteiger partial charge in [0.2, 0.25) is 5.91 Å². The number of amides is 2. The number of hydrogen-bond acceptors (Lipinski definition) is 3. The molecule has 0 saturated heterocycles. The molecule has 2 amide bonds. The smallest absolute Gasteiger partial charge is 0.253 e. The van der Waals surface area contributed by atoms with Gasteiger partial charge in [-0.3, -0.25) is 9.59 Å². The van der Waals surface area contributed by atoms with Crippen molar-refractivity contribution in [3.63, 3.8) is 0 Å². The first-order valence-electron chi connectivity index (χ1n) is 8.24. The third kappa shape index (κ3) is 6.30. The summed E-state index contributed by atoms with van der Waals surface area (Å²) in [6.07, 6.45) is 2.35. The van der Waals surface area contributed by atoms with Crippen LogP contribution in [0.3, 0.4) is 0 Å². The molecule has 128 valence electrons. The van der Waals surface area contributed by atoms with Gasteiger partial charge in [-0.15, -0.1) is 0 Å². The first-order chi connectivity index (χ1) is 10.8. The number of carbonyl (C=O) groups is 2. The highest BCUT2D eigenvalue weighted by atomic mass is 16.2. The number of nitrogens with one attached hydrogen (secondary N) is 2. The van der Waals surface area contributed by atoms with E-state index in [9.17, 15) is 9.59 Å². The Morgan fingerprint density at radius 1 is 1.22 bits per heavy atom. The van der Waals surface area contributed by atoms with Gasteiger partial charge in [-0.1, -0.05) is 27.2 Å². The molecule has 0 saturated carbocycles. The number of hydrogen-bond donors (Lipinski definition) is 2. The van der Waals surface area contributed by atoms with E-state index in [-0.39, 0.29) is 11.8 Å². The van der Waals surface area contributed by atoms with Crippen LogP contribution in [0.5, 0.6) is 0 Å². The van der Waals surface area contributed by atoms with Crippen LogP contribution in [0.15, 0.2) is 18.2 Å². The fourth-order valence-corrected chi connectivity index (χ4v) is 2.14. The van der Waals surface area contributed by atoms with Gasteiger partial charge in [0, 0.05) is 38.4 Å². The maximum atomic E-state index is 12.4. The SMILES string of the molecule is CCCCC(=O)Nc1ccc(N(C)C)c(C(=O)NCC(C)C)c1. The molecule has 0 radical (unpaired) electrons. The Balaban J connectivity index is 2.93. The fraction of sp³-hybridized carbons (Fsp3) is 0.556. The Hall–Kier alpha value is -2.04. The normalized spacial score (nSPS) is 10.5. The monoisotopic (exact) mass is 319 g/mol. The molecular formula is C18H29N3O2. The summed E-state index contributed by atoms with van der Waals surface area (Å²) in [5.41, 5.74) is 2.06. The maximum Gasteiger partial charge on any atom is 0.253 e. The minimum absolute atomic E-state index is 0.0157. The van der Waals surface area contributed by atoms with Gasteiger partial charge >= 0.3 is 0 Å². The lowest BCUT2D eigenvalue weighted by Crippen LogP contribution is -2.29. The highest BCUT2D eigenvalue weighted by Crippen LogP contribution is 2.23. The second kappa shape index (κ2) is 9.18. The van der Waals surface area contributed by atoms with Gasteiger partial charge in [0.05, 0.1) is 5.56 Å². The Morgan fingerprint density at radius 3 is 2.48 bits per heavy atom. The Bertz CT molecular complexity index is 539. The van der Waals surface area contributed by atoms with Crippen molar-refractivity contribution in [3.8, 4) is 0 Å². The molecule has 0 bridgehead atoms. The molecule has 5 nitrogen and oxygen atoms in total. The van der Waals surface area contributed by atoms with Gasteiger partial charge < -0.3 is 15.5 Å². The van der Waals surface area contributed by atoms with E-state index in [0.29, 0.717) is 30.1 Å². The van der Waals surface area contributed by atoms with Gasteiger partial charge in [-0.05, 0) is 30.5 Å². The number of unbranched alkanes of at least 4 members (excludes halogenated alkanes) is 1. The maximum absolute atomic E-state index is 12.4.